The van der Waals surface area contributed by atoms with Gasteiger partial charge in [0.15, 0.2) is 0 Å². The van der Waals surface area contributed by atoms with Crippen LogP contribution in [0.5, 0.6) is 5.75 Å². The third-order valence-corrected chi connectivity index (χ3v) is 5.08. The number of hydrogen-bond acceptors (Lipinski definition) is 5. The first-order valence-corrected chi connectivity index (χ1v) is 10.1. The van der Waals surface area contributed by atoms with Crippen LogP contribution in [0.15, 0.2) is 65.9 Å². The van der Waals surface area contributed by atoms with Crippen molar-refractivity contribution in [1.29, 1.82) is 0 Å². The van der Waals surface area contributed by atoms with Crippen molar-refractivity contribution in [3.8, 4) is 5.75 Å². The molecule has 1 amide bonds. The molecule has 2 aromatic carbocycles. The van der Waals surface area contributed by atoms with Crippen molar-refractivity contribution in [2.75, 3.05) is 0 Å². The minimum Gasteiger partial charge on any atom is -0.488 e. The van der Waals surface area contributed by atoms with Gasteiger partial charge in [-0.2, -0.15) is 5.10 Å². The van der Waals surface area contributed by atoms with Gasteiger partial charge in [0.25, 0.3) is 5.91 Å². The lowest BCUT2D eigenvalue weighted by atomic mass is 10.1. The molecular weight excluding hydrogens is 521 g/mol. The zero-order valence-electron chi connectivity index (χ0n) is 15.4. The van der Waals surface area contributed by atoms with Gasteiger partial charge < -0.3 is 9.84 Å². The first kappa shape index (κ1) is 21.7. The maximum atomic E-state index is 12.1. The van der Waals surface area contributed by atoms with E-state index < -0.39 is 11.9 Å². The lowest BCUT2D eigenvalue weighted by molar-refractivity contribution is 0.0696. The molecule has 0 bridgehead atoms. The van der Waals surface area contributed by atoms with E-state index in [0.29, 0.717) is 12.4 Å². The molecule has 0 atom stereocenters. The third kappa shape index (κ3) is 5.77. The summed E-state index contributed by atoms with van der Waals surface area (Å²) in [6.07, 6.45) is 3.01. The van der Waals surface area contributed by atoms with E-state index in [-0.39, 0.29) is 16.3 Å². The molecule has 2 N–H and O–H groups in total. The van der Waals surface area contributed by atoms with Crippen LogP contribution in [0.1, 0.15) is 31.8 Å². The summed E-state index contributed by atoms with van der Waals surface area (Å²) in [5, 5.41) is 13.0. The van der Waals surface area contributed by atoms with Gasteiger partial charge in [-0.1, -0.05) is 23.7 Å². The molecule has 0 aliphatic rings. The number of hydrogen-bond donors (Lipinski definition) is 2. The molecule has 0 fully saturated rings. The van der Waals surface area contributed by atoms with Gasteiger partial charge in [0.05, 0.1) is 20.9 Å². The van der Waals surface area contributed by atoms with Gasteiger partial charge >= 0.3 is 5.97 Å². The van der Waals surface area contributed by atoms with Crippen molar-refractivity contribution in [3.05, 3.63) is 91.8 Å². The fourth-order valence-corrected chi connectivity index (χ4v) is 3.30. The number of hydrazone groups is 1. The fourth-order valence-electron chi connectivity index (χ4n) is 2.40. The molecule has 1 aromatic heterocycles. The van der Waals surface area contributed by atoms with Gasteiger partial charge in [-0.15, -0.1) is 0 Å². The second-order valence-corrected chi connectivity index (χ2v) is 7.54. The molecule has 7 nitrogen and oxygen atoms in total. The maximum absolute atomic E-state index is 12.1. The summed E-state index contributed by atoms with van der Waals surface area (Å²) >= 11 is 8.03. The molecule has 0 saturated carbocycles. The summed E-state index contributed by atoms with van der Waals surface area (Å²) in [4.78, 5) is 26.8. The van der Waals surface area contributed by atoms with Gasteiger partial charge in [-0.05, 0) is 76.2 Å². The summed E-state index contributed by atoms with van der Waals surface area (Å²) < 4.78 is 6.66. The van der Waals surface area contributed by atoms with Crippen LogP contribution in [0.2, 0.25) is 5.15 Å². The van der Waals surface area contributed by atoms with Crippen molar-refractivity contribution in [1.82, 2.24) is 10.4 Å². The number of aromatic nitrogens is 1. The molecule has 0 spiro atoms. The lowest BCUT2D eigenvalue weighted by Gasteiger charge is -2.09. The van der Waals surface area contributed by atoms with Crippen LogP contribution in [0.4, 0.5) is 0 Å². The molecule has 0 radical (unpaired) electrons. The van der Waals surface area contributed by atoms with Crippen LogP contribution >= 0.6 is 34.2 Å². The number of rotatable bonds is 7. The van der Waals surface area contributed by atoms with E-state index in [1.807, 2.05) is 6.07 Å². The highest BCUT2D eigenvalue weighted by Gasteiger charge is 2.09. The average molecular weight is 536 g/mol. The van der Waals surface area contributed by atoms with E-state index in [1.54, 1.807) is 48.5 Å². The highest BCUT2D eigenvalue weighted by Crippen LogP contribution is 2.23. The standard InChI is InChI=1S/C21H15ClIN3O4/c22-19-16(2-1-9-24-19)20(27)26-25-11-14-5-8-18(17(23)10-14)30-12-13-3-6-15(7-4-13)21(28)29/h1-11H,12H2,(H,26,27)(H,28,29). The van der Waals surface area contributed by atoms with Gasteiger partial charge in [0, 0.05) is 6.20 Å². The number of carboxylic acids is 1. The maximum Gasteiger partial charge on any atom is 0.335 e. The number of pyridine rings is 1. The van der Waals surface area contributed by atoms with Crippen LogP contribution in [0.25, 0.3) is 0 Å². The minimum absolute atomic E-state index is 0.110. The van der Waals surface area contributed by atoms with Crippen LogP contribution in [0, 0.1) is 3.57 Å². The Morgan fingerprint density at radius 3 is 2.63 bits per heavy atom. The molecule has 0 aliphatic heterocycles. The van der Waals surface area contributed by atoms with E-state index in [1.165, 1.54) is 12.4 Å². The number of nitrogens with one attached hydrogen (secondary N) is 1. The Balaban J connectivity index is 1.58. The molecule has 1 heterocycles. The second-order valence-electron chi connectivity index (χ2n) is 6.02. The number of carboxylic acid groups (broad SMARTS) is 1. The number of ether oxygens (including phenoxy) is 1. The Bertz CT molecular complexity index is 1100. The minimum atomic E-state index is -0.964. The number of nitrogens with zero attached hydrogens (tertiary/aromatic N) is 2. The van der Waals surface area contributed by atoms with Gasteiger partial charge in [0.2, 0.25) is 0 Å². The monoisotopic (exact) mass is 535 g/mol. The van der Waals surface area contributed by atoms with Crippen LogP contribution in [-0.2, 0) is 6.61 Å². The Morgan fingerprint density at radius 1 is 1.20 bits per heavy atom. The molecule has 152 valence electrons. The molecule has 0 unspecified atom stereocenters. The highest BCUT2D eigenvalue weighted by molar-refractivity contribution is 14.1. The molecule has 3 rings (SSSR count). The van der Waals surface area contributed by atoms with E-state index in [0.717, 1.165) is 14.7 Å². The Labute approximate surface area is 190 Å². The molecular formula is C21H15ClIN3O4. The van der Waals surface area contributed by atoms with E-state index in [4.69, 9.17) is 21.4 Å². The summed E-state index contributed by atoms with van der Waals surface area (Å²) in [5.74, 6) is -0.733. The van der Waals surface area contributed by atoms with Crippen LogP contribution < -0.4 is 10.2 Å². The number of benzene rings is 2. The number of carbonyl (C=O) groups is 2. The van der Waals surface area contributed by atoms with E-state index in [9.17, 15) is 9.59 Å². The largest absolute Gasteiger partial charge is 0.488 e. The molecule has 30 heavy (non-hydrogen) atoms. The predicted octanol–water partition coefficient (Wildman–Crippen LogP) is 4.38. The van der Waals surface area contributed by atoms with Crippen molar-refractivity contribution in [3.63, 3.8) is 0 Å². The second kappa shape index (κ2) is 10.2. The number of aromatic carboxylic acids is 1. The summed E-state index contributed by atoms with van der Waals surface area (Å²) in [7, 11) is 0. The third-order valence-electron chi connectivity index (χ3n) is 3.93. The molecule has 9 heteroatoms. The van der Waals surface area contributed by atoms with E-state index in [2.05, 4.69) is 38.1 Å². The van der Waals surface area contributed by atoms with Crippen LogP contribution in [-0.4, -0.2) is 28.2 Å². The van der Waals surface area contributed by atoms with Crippen molar-refractivity contribution in [2.45, 2.75) is 6.61 Å². The predicted molar refractivity (Wildman–Crippen MR) is 121 cm³/mol. The Hall–Kier alpha value is -2.98. The quantitative estimate of drug-likeness (QED) is 0.202. The van der Waals surface area contributed by atoms with Crippen molar-refractivity contribution >= 4 is 52.3 Å². The normalized spacial score (nSPS) is 10.7. The van der Waals surface area contributed by atoms with Gasteiger partial charge in [-0.3, -0.25) is 4.79 Å². The smallest absolute Gasteiger partial charge is 0.335 e. The number of carbonyl (C=O) groups excluding carboxylic acids is 1. The topological polar surface area (TPSA) is 101 Å². The van der Waals surface area contributed by atoms with Crippen molar-refractivity contribution < 1.29 is 19.4 Å². The SMILES string of the molecule is O=C(O)c1ccc(COc2ccc(C=NNC(=O)c3cccnc3Cl)cc2I)cc1. The number of halogens is 2. The Kier molecular flexibility index (Phi) is 7.36. The zero-order valence-corrected chi connectivity index (χ0v) is 18.3. The zero-order chi connectivity index (χ0) is 21.5. The Morgan fingerprint density at radius 2 is 1.97 bits per heavy atom. The number of amides is 1. The van der Waals surface area contributed by atoms with Crippen molar-refractivity contribution in [2.24, 2.45) is 5.10 Å². The van der Waals surface area contributed by atoms with Crippen LogP contribution in [0.3, 0.4) is 0 Å². The molecule has 0 aliphatic carbocycles. The molecule has 0 saturated heterocycles. The first-order chi connectivity index (χ1) is 14.4. The summed E-state index contributed by atoms with van der Waals surface area (Å²) in [5.41, 5.74) is 4.52. The van der Waals surface area contributed by atoms with Gasteiger partial charge in [0.1, 0.15) is 17.5 Å². The highest BCUT2D eigenvalue weighted by atomic mass is 127. The van der Waals surface area contributed by atoms with E-state index >= 15 is 0 Å². The fraction of sp³-hybridized carbons (Fsp3) is 0.0476. The summed E-state index contributed by atoms with van der Waals surface area (Å²) in [6, 6.07) is 15.2. The lowest BCUT2D eigenvalue weighted by Crippen LogP contribution is -2.18. The first-order valence-electron chi connectivity index (χ1n) is 8.62. The average Bonchev–Trinajstić information content (AvgIpc) is 2.73. The summed E-state index contributed by atoms with van der Waals surface area (Å²) in [6.45, 7) is 0.311. The van der Waals surface area contributed by atoms with Gasteiger partial charge in [-0.25, -0.2) is 15.2 Å². The molecule has 3 aromatic rings.